The highest BCUT2D eigenvalue weighted by Crippen LogP contribution is 2.49. The molecule has 11 heavy (non-hydrogen) atoms. The largest absolute Gasteiger partial charge is 0.313 e. The first-order chi connectivity index (χ1) is 5.21. The summed E-state index contributed by atoms with van der Waals surface area (Å²) >= 11 is 0. The molecule has 2 bridgehead atoms. The van der Waals surface area contributed by atoms with Crippen molar-refractivity contribution in [3.05, 3.63) is 0 Å². The van der Waals surface area contributed by atoms with Crippen LogP contribution in [0, 0.1) is 11.3 Å². The van der Waals surface area contributed by atoms with Crippen LogP contribution in [0.25, 0.3) is 0 Å². The number of nitrogens with one attached hydrogen (secondary N) is 1. The van der Waals surface area contributed by atoms with Crippen molar-refractivity contribution >= 4 is 0 Å². The minimum absolute atomic E-state index is 0.598. The molecule has 1 saturated carbocycles. The summed E-state index contributed by atoms with van der Waals surface area (Å²) in [5.74, 6) is 1.01. The topological polar surface area (TPSA) is 12.0 Å². The van der Waals surface area contributed by atoms with Crippen molar-refractivity contribution in [3.8, 4) is 0 Å². The lowest BCUT2D eigenvalue weighted by atomic mass is 9.56. The predicted octanol–water partition coefficient (Wildman–Crippen LogP) is 2.17. The van der Waals surface area contributed by atoms with E-state index in [0.717, 1.165) is 12.0 Å². The van der Waals surface area contributed by atoms with Gasteiger partial charge in [-0.25, -0.2) is 0 Å². The first-order valence-electron chi connectivity index (χ1n) is 4.94. The lowest BCUT2D eigenvalue weighted by Gasteiger charge is -2.54. The molecule has 3 rings (SSSR count). The molecule has 64 valence electrons. The van der Waals surface area contributed by atoms with Crippen molar-refractivity contribution in [2.24, 2.45) is 11.3 Å². The fourth-order valence-electron chi connectivity index (χ4n) is 2.64. The summed E-state index contributed by atoms with van der Waals surface area (Å²) in [5.41, 5.74) is 0.598. The van der Waals surface area contributed by atoms with E-state index in [9.17, 15) is 0 Å². The Hall–Kier alpha value is -0.0400. The molecule has 0 radical (unpaired) electrons. The van der Waals surface area contributed by atoms with Crippen molar-refractivity contribution in [3.63, 3.8) is 0 Å². The molecule has 1 aliphatic carbocycles. The van der Waals surface area contributed by atoms with E-state index < -0.39 is 0 Å². The zero-order valence-electron chi connectivity index (χ0n) is 7.69. The Kier molecular flexibility index (Phi) is 1.71. The minimum atomic E-state index is 0.598. The third kappa shape index (κ3) is 1.10. The van der Waals surface area contributed by atoms with E-state index >= 15 is 0 Å². The Balaban J connectivity index is 2.03. The first kappa shape index (κ1) is 7.60. The van der Waals surface area contributed by atoms with Crippen molar-refractivity contribution in [1.82, 2.24) is 5.32 Å². The zero-order valence-corrected chi connectivity index (χ0v) is 7.69. The van der Waals surface area contributed by atoms with Gasteiger partial charge in [-0.05, 0) is 37.1 Å². The van der Waals surface area contributed by atoms with Crippen LogP contribution in [0.5, 0.6) is 0 Å². The first-order valence-corrected chi connectivity index (χ1v) is 4.94. The summed E-state index contributed by atoms with van der Waals surface area (Å²) in [4.78, 5) is 0. The van der Waals surface area contributed by atoms with Crippen LogP contribution in [0.3, 0.4) is 0 Å². The molecule has 3 fully saturated rings. The summed E-state index contributed by atoms with van der Waals surface area (Å²) in [7, 11) is 0. The van der Waals surface area contributed by atoms with Crippen LogP contribution >= 0.6 is 0 Å². The van der Waals surface area contributed by atoms with Crippen LogP contribution in [-0.4, -0.2) is 12.6 Å². The third-order valence-electron chi connectivity index (χ3n) is 3.84. The summed E-state index contributed by atoms with van der Waals surface area (Å²) in [5, 5.41) is 3.64. The Morgan fingerprint density at radius 2 is 2.09 bits per heavy atom. The van der Waals surface area contributed by atoms with Crippen LogP contribution in [0.15, 0.2) is 0 Å². The highest BCUT2D eigenvalue weighted by Gasteiger charge is 2.47. The van der Waals surface area contributed by atoms with Gasteiger partial charge in [0.1, 0.15) is 0 Å². The molecule has 0 spiro atoms. The zero-order chi connectivity index (χ0) is 7.90. The molecule has 0 amide bonds. The fourth-order valence-corrected chi connectivity index (χ4v) is 2.64. The van der Waals surface area contributed by atoms with E-state index in [4.69, 9.17) is 0 Å². The second-order valence-electron chi connectivity index (χ2n) is 4.76. The lowest BCUT2D eigenvalue weighted by molar-refractivity contribution is -0.00168. The number of rotatable bonds is 0. The molecular formula is C10H19N. The Morgan fingerprint density at radius 3 is 2.82 bits per heavy atom. The summed E-state index contributed by atoms with van der Waals surface area (Å²) in [6.07, 6.45) is 5.75. The van der Waals surface area contributed by atoms with Gasteiger partial charge < -0.3 is 5.32 Å². The van der Waals surface area contributed by atoms with E-state index in [1.54, 1.807) is 0 Å². The molecule has 2 aliphatic heterocycles. The second-order valence-corrected chi connectivity index (χ2v) is 4.76. The number of fused-ring (bicyclic) bond motifs is 4. The molecule has 2 unspecified atom stereocenters. The summed E-state index contributed by atoms with van der Waals surface area (Å²) < 4.78 is 0. The van der Waals surface area contributed by atoms with Gasteiger partial charge in [-0.2, -0.15) is 0 Å². The normalized spacial score (nSPS) is 42.0. The van der Waals surface area contributed by atoms with Gasteiger partial charge in [-0.15, -0.1) is 0 Å². The molecule has 0 aromatic rings. The monoisotopic (exact) mass is 153 g/mol. The molecule has 3 aliphatic rings. The molecular weight excluding hydrogens is 134 g/mol. The van der Waals surface area contributed by atoms with Gasteiger partial charge in [0.2, 0.25) is 0 Å². The third-order valence-corrected chi connectivity index (χ3v) is 3.84. The van der Waals surface area contributed by atoms with Gasteiger partial charge in [0, 0.05) is 6.04 Å². The molecule has 1 N–H and O–H groups in total. The average Bonchev–Trinajstić information content (AvgIpc) is 1.83. The van der Waals surface area contributed by atoms with E-state index in [2.05, 4.69) is 19.2 Å². The second kappa shape index (κ2) is 2.48. The van der Waals surface area contributed by atoms with Gasteiger partial charge in [-0.3, -0.25) is 0 Å². The molecule has 0 aromatic carbocycles. The van der Waals surface area contributed by atoms with Crippen LogP contribution < -0.4 is 5.32 Å². The average molecular weight is 153 g/mol. The van der Waals surface area contributed by atoms with Gasteiger partial charge in [0.15, 0.2) is 0 Å². The Labute approximate surface area is 69.6 Å². The molecule has 2 atom stereocenters. The molecule has 0 aromatic heterocycles. The van der Waals surface area contributed by atoms with Crippen molar-refractivity contribution in [2.45, 2.75) is 45.6 Å². The van der Waals surface area contributed by atoms with E-state index in [1.165, 1.54) is 32.2 Å². The number of hydrogen-bond donors (Lipinski definition) is 1. The van der Waals surface area contributed by atoms with Crippen LogP contribution in [0.1, 0.15) is 39.5 Å². The van der Waals surface area contributed by atoms with E-state index in [1.807, 2.05) is 0 Å². The van der Waals surface area contributed by atoms with Gasteiger partial charge in [0.25, 0.3) is 0 Å². The highest BCUT2D eigenvalue weighted by atomic mass is 15.0. The minimum Gasteiger partial charge on any atom is -0.313 e. The maximum absolute atomic E-state index is 3.64. The Morgan fingerprint density at radius 1 is 1.27 bits per heavy atom. The predicted molar refractivity (Wildman–Crippen MR) is 47.5 cm³/mol. The van der Waals surface area contributed by atoms with E-state index in [0.29, 0.717) is 5.41 Å². The lowest BCUT2D eigenvalue weighted by Crippen LogP contribution is -2.57. The van der Waals surface area contributed by atoms with Crippen LogP contribution in [0.2, 0.25) is 0 Å². The van der Waals surface area contributed by atoms with Crippen molar-refractivity contribution in [2.75, 3.05) is 6.54 Å². The fraction of sp³-hybridized carbons (Fsp3) is 1.00. The maximum atomic E-state index is 3.64. The summed E-state index contributed by atoms with van der Waals surface area (Å²) in [6.45, 7) is 6.09. The van der Waals surface area contributed by atoms with Crippen LogP contribution in [-0.2, 0) is 0 Å². The van der Waals surface area contributed by atoms with Gasteiger partial charge in [0.05, 0.1) is 0 Å². The number of hydrogen-bond acceptors (Lipinski definition) is 1. The molecule has 2 heterocycles. The standard InChI is InChI=1S/C10H19N/c1-10(2)8-5-3-4-6-11-9(10)7-8/h8-9,11H,3-7H2,1-2H3. The highest BCUT2D eigenvalue weighted by molar-refractivity contribution is 5.01. The molecule has 1 nitrogen and oxygen atoms in total. The quantitative estimate of drug-likeness (QED) is 0.562. The van der Waals surface area contributed by atoms with Gasteiger partial charge >= 0.3 is 0 Å². The summed E-state index contributed by atoms with van der Waals surface area (Å²) in [6, 6.07) is 0.827. The molecule has 1 heteroatoms. The molecule has 2 saturated heterocycles. The SMILES string of the molecule is CC1(C)C2CCCCNC1C2. The van der Waals surface area contributed by atoms with Crippen LogP contribution in [0.4, 0.5) is 0 Å². The van der Waals surface area contributed by atoms with E-state index in [-0.39, 0.29) is 0 Å². The maximum Gasteiger partial charge on any atom is 0.0124 e. The Bertz CT molecular complexity index is 133. The van der Waals surface area contributed by atoms with Crippen molar-refractivity contribution in [1.29, 1.82) is 0 Å². The van der Waals surface area contributed by atoms with Gasteiger partial charge in [-0.1, -0.05) is 20.3 Å². The smallest absolute Gasteiger partial charge is 0.0124 e. The van der Waals surface area contributed by atoms with Crippen molar-refractivity contribution < 1.29 is 0 Å².